The second kappa shape index (κ2) is 8.75. The van der Waals surface area contributed by atoms with Crippen molar-refractivity contribution >= 4 is 33.5 Å². The van der Waals surface area contributed by atoms with Gasteiger partial charge in [-0.05, 0) is 49.8 Å². The molecule has 10 heteroatoms. The number of rotatable bonds is 7. The van der Waals surface area contributed by atoms with Crippen LogP contribution in [0.3, 0.4) is 0 Å². The van der Waals surface area contributed by atoms with Crippen molar-refractivity contribution in [1.29, 1.82) is 0 Å². The summed E-state index contributed by atoms with van der Waals surface area (Å²) in [6.07, 6.45) is 2.81. The Morgan fingerprint density at radius 1 is 1.21 bits per heavy atom. The van der Waals surface area contributed by atoms with Gasteiger partial charge in [0.1, 0.15) is 12.4 Å². The highest BCUT2D eigenvalue weighted by Crippen LogP contribution is 2.29. The van der Waals surface area contributed by atoms with Crippen LogP contribution in [-0.2, 0) is 24.3 Å². The molecule has 154 valence electrons. The number of hydrogen-bond acceptors (Lipinski definition) is 5. The molecule has 28 heavy (non-hydrogen) atoms. The standard InChI is InChI=1S/C18H22ClFN2O5S/c19-15-9-14(3-4-16(15)20)28(25,26)22-7-5-13(6-8-22)18(24)21-10-17(23)27-11-12-1-2-12/h3-4,9,12-13H,1-2,5-8,10-11H2,(H,21,24). The van der Waals surface area contributed by atoms with Crippen LogP contribution in [0.4, 0.5) is 4.39 Å². The minimum absolute atomic E-state index is 0.0831. The highest BCUT2D eigenvalue weighted by molar-refractivity contribution is 7.89. The number of amides is 1. The number of halogens is 2. The number of piperidine rings is 1. The summed E-state index contributed by atoms with van der Waals surface area (Å²) in [6, 6.07) is 3.26. The van der Waals surface area contributed by atoms with Crippen molar-refractivity contribution in [2.24, 2.45) is 11.8 Å². The van der Waals surface area contributed by atoms with Gasteiger partial charge in [-0.1, -0.05) is 11.6 Å². The lowest BCUT2D eigenvalue weighted by Crippen LogP contribution is -2.44. The molecule has 0 atom stereocenters. The van der Waals surface area contributed by atoms with Gasteiger partial charge in [0.25, 0.3) is 0 Å². The molecule has 1 aliphatic carbocycles. The fourth-order valence-electron chi connectivity index (χ4n) is 2.99. The molecule has 1 aromatic rings. The molecule has 7 nitrogen and oxygen atoms in total. The Balaban J connectivity index is 1.48. The van der Waals surface area contributed by atoms with E-state index in [0.29, 0.717) is 25.4 Å². The van der Waals surface area contributed by atoms with E-state index in [9.17, 15) is 22.4 Å². The molecular weight excluding hydrogens is 411 g/mol. The van der Waals surface area contributed by atoms with Crippen molar-refractivity contribution in [3.8, 4) is 0 Å². The molecular formula is C18H22ClFN2O5S. The molecule has 0 bridgehead atoms. The first-order valence-corrected chi connectivity index (χ1v) is 11.0. The van der Waals surface area contributed by atoms with Gasteiger partial charge in [-0.2, -0.15) is 4.31 Å². The van der Waals surface area contributed by atoms with E-state index in [0.717, 1.165) is 25.0 Å². The Hall–Kier alpha value is -1.71. The fourth-order valence-corrected chi connectivity index (χ4v) is 4.74. The van der Waals surface area contributed by atoms with E-state index in [1.807, 2.05) is 0 Å². The molecule has 0 aromatic heterocycles. The summed E-state index contributed by atoms with van der Waals surface area (Å²) >= 11 is 5.68. The van der Waals surface area contributed by atoms with Crippen LogP contribution in [0.25, 0.3) is 0 Å². The zero-order valence-electron chi connectivity index (χ0n) is 15.2. The Morgan fingerprint density at radius 3 is 2.50 bits per heavy atom. The topological polar surface area (TPSA) is 92.8 Å². The highest BCUT2D eigenvalue weighted by atomic mass is 35.5. The van der Waals surface area contributed by atoms with Crippen LogP contribution in [0.15, 0.2) is 23.1 Å². The van der Waals surface area contributed by atoms with Crippen LogP contribution >= 0.6 is 11.6 Å². The van der Waals surface area contributed by atoms with E-state index >= 15 is 0 Å². The molecule has 3 rings (SSSR count). The van der Waals surface area contributed by atoms with Crippen molar-refractivity contribution < 1.29 is 27.1 Å². The molecule has 1 aliphatic heterocycles. The van der Waals surface area contributed by atoms with Crippen molar-refractivity contribution in [1.82, 2.24) is 9.62 Å². The average Bonchev–Trinajstić information content (AvgIpc) is 3.51. The largest absolute Gasteiger partial charge is 0.464 e. The number of sulfonamides is 1. The predicted molar refractivity (Wildman–Crippen MR) is 99.6 cm³/mol. The quantitative estimate of drug-likeness (QED) is 0.665. The summed E-state index contributed by atoms with van der Waals surface area (Å²) in [6.45, 7) is 0.527. The predicted octanol–water partition coefficient (Wildman–Crippen LogP) is 1.95. The highest BCUT2D eigenvalue weighted by Gasteiger charge is 2.32. The van der Waals surface area contributed by atoms with E-state index in [2.05, 4.69) is 5.32 Å². The molecule has 1 N–H and O–H groups in total. The summed E-state index contributed by atoms with van der Waals surface area (Å²) < 4.78 is 44.9. The van der Waals surface area contributed by atoms with Crippen molar-refractivity contribution in [3.05, 3.63) is 29.0 Å². The Morgan fingerprint density at radius 2 is 1.89 bits per heavy atom. The first kappa shape index (κ1) is 21.0. The number of nitrogens with zero attached hydrogens (tertiary/aromatic N) is 1. The lowest BCUT2D eigenvalue weighted by molar-refractivity contribution is -0.144. The maximum Gasteiger partial charge on any atom is 0.325 e. The molecule has 1 amide bonds. The second-order valence-electron chi connectivity index (χ2n) is 7.10. The molecule has 0 radical (unpaired) electrons. The average molecular weight is 433 g/mol. The lowest BCUT2D eigenvalue weighted by Gasteiger charge is -2.30. The number of ether oxygens (including phenoxy) is 1. The van der Waals surface area contributed by atoms with Crippen molar-refractivity contribution in [3.63, 3.8) is 0 Å². The molecule has 0 spiro atoms. The summed E-state index contributed by atoms with van der Waals surface area (Å²) in [4.78, 5) is 23.7. The second-order valence-corrected chi connectivity index (χ2v) is 9.44. The van der Waals surface area contributed by atoms with Crippen molar-refractivity contribution in [2.45, 2.75) is 30.6 Å². The third-order valence-corrected chi connectivity index (χ3v) is 7.12. The first-order valence-electron chi connectivity index (χ1n) is 9.16. The molecule has 2 fully saturated rings. The van der Waals surface area contributed by atoms with E-state index in [-0.39, 0.29) is 41.4 Å². The monoisotopic (exact) mass is 432 g/mol. The molecule has 0 unspecified atom stereocenters. The van der Waals surface area contributed by atoms with Gasteiger partial charge < -0.3 is 10.1 Å². The third-order valence-electron chi connectivity index (χ3n) is 4.94. The maximum absolute atomic E-state index is 13.3. The summed E-state index contributed by atoms with van der Waals surface area (Å²) in [5, 5.41) is 2.29. The molecule has 1 aromatic carbocycles. The summed E-state index contributed by atoms with van der Waals surface area (Å²) in [5.41, 5.74) is 0. The van der Waals surface area contributed by atoms with Crippen LogP contribution in [0.1, 0.15) is 25.7 Å². The molecule has 1 saturated carbocycles. The summed E-state index contributed by atoms with van der Waals surface area (Å²) in [7, 11) is -3.81. The van der Waals surface area contributed by atoms with Crippen LogP contribution in [0.5, 0.6) is 0 Å². The Kier molecular flexibility index (Phi) is 6.57. The van der Waals surface area contributed by atoms with Crippen LogP contribution < -0.4 is 5.32 Å². The van der Waals surface area contributed by atoms with Gasteiger partial charge in [-0.15, -0.1) is 0 Å². The van der Waals surface area contributed by atoms with E-state index in [4.69, 9.17) is 16.3 Å². The number of benzene rings is 1. The van der Waals surface area contributed by atoms with Gasteiger partial charge in [-0.25, -0.2) is 12.8 Å². The smallest absolute Gasteiger partial charge is 0.325 e. The van der Waals surface area contributed by atoms with Gasteiger partial charge >= 0.3 is 5.97 Å². The van der Waals surface area contributed by atoms with Gasteiger partial charge in [0, 0.05) is 19.0 Å². The van der Waals surface area contributed by atoms with Gasteiger partial charge in [0.2, 0.25) is 15.9 Å². The minimum atomic E-state index is -3.81. The SMILES string of the molecule is O=C(CNC(=O)C1CCN(S(=O)(=O)c2ccc(F)c(Cl)c2)CC1)OCC1CC1. The number of carbonyl (C=O) groups excluding carboxylic acids is 2. The number of esters is 1. The molecule has 2 aliphatic rings. The number of hydrogen-bond donors (Lipinski definition) is 1. The zero-order chi connectivity index (χ0) is 20.3. The van der Waals surface area contributed by atoms with Crippen LogP contribution in [0.2, 0.25) is 5.02 Å². The minimum Gasteiger partial charge on any atom is -0.464 e. The lowest BCUT2D eigenvalue weighted by atomic mass is 9.97. The third kappa shape index (κ3) is 5.21. The summed E-state index contributed by atoms with van der Waals surface area (Å²) in [5.74, 6) is -1.35. The van der Waals surface area contributed by atoms with Gasteiger partial charge in [-0.3, -0.25) is 9.59 Å². The molecule has 1 heterocycles. The number of carbonyl (C=O) groups is 2. The Bertz CT molecular complexity index is 852. The van der Waals surface area contributed by atoms with Gasteiger partial charge in [0.15, 0.2) is 0 Å². The van der Waals surface area contributed by atoms with Crippen LogP contribution in [0, 0.1) is 17.7 Å². The van der Waals surface area contributed by atoms with E-state index in [1.54, 1.807) is 0 Å². The normalized spacial score (nSPS) is 18.6. The van der Waals surface area contributed by atoms with Crippen LogP contribution in [-0.4, -0.2) is 50.8 Å². The Labute approximate surface area is 168 Å². The number of nitrogens with one attached hydrogen (secondary N) is 1. The van der Waals surface area contributed by atoms with Crippen molar-refractivity contribution in [2.75, 3.05) is 26.2 Å². The van der Waals surface area contributed by atoms with E-state index in [1.165, 1.54) is 10.4 Å². The van der Waals surface area contributed by atoms with E-state index < -0.39 is 21.8 Å². The zero-order valence-corrected chi connectivity index (χ0v) is 16.8. The fraction of sp³-hybridized carbons (Fsp3) is 0.556. The first-order chi connectivity index (χ1) is 13.3. The van der Waals surface area contributed by atoms with Gasteiger partial charge in [0.05, 0.1) is 16.5 Å². The maximum atomic E-state index is 13.3. The molecule has 1 saturated heterocycles.